The third-order valence-electron chi connectivity index (χ3n) is 5.83. The fourth-order valence-corrected chi connectivity index (χ4v) is 3.69. The first-order valence-electron chi connectivity index (χ1n) is 10.1. The topological polar surface area (TPSA) is 72.1 Å². The Bertz CT molecular complexity index is 1120. The molecule has 0 bridgehead atoms. The summed E-state index contributed by atoms with van der Waals surface area (Å²) < 4.78 is 38.5. The molecule has 1 aromatic carbocycles. The molecule has 1 aliphatic rings. The van der Waals surface area contributed by atoms with E-state index in [0.29, 0.717) is 28.5 Å². The molecule has 0 spiro atoms. The van der Waals surface area contributed by atoms with Crippen molar-refractivity contribution >= 4 is 22.6 Å². The second-order valence-corrected chi connectivity index (χ2v) is 8.15. The van der Waals surface area contributed by atoms with E-state index in [4.69, 9.17) is 5.73 Å². The number of pyridine rings is 2. The fraction of sp³-hybridized carbons (Fsp3) is 0.348. The second kappa shape index (κ2) is 7.83. The van der Waals surface area contributed by atoms with Gasteiger partial charge in [0.25, 0.3) is 5.91 Å². The number of aryl methyl sites for hydroxylation is 1. The third-order valence-corrected chi connectivity index (χ3v) is 5.83. The van der Waals surface area contributed by atoms with E-state index in [-0.39, 0.29) is 18.5 Å². The zero-order valence-corrected chi connectivity index (χ0v) is 17.3. The van der Waals surface area contributed by atoms with Gasteiger partial charge in [-0.25, -0.2) is 4.98 Å². The Morgan fingerprint density at radius 3 is 2.58 bits per heavy atom. The number of nitrogens with two attached hydrogens (primary N) is 1. The number of aromatic nitrogens is 2. The first kappa shape index (κ1) is 21.1. The maximum absolute atomic E-state index is 13.4. The average Bonchev–Trinajstić information content (AvgIpc) is 3.57. The van der Waals surface area contributed by atoms with Crippen LogP contribution in [0.5, 0.6) is 0 Å². The summed E-state index contributed by atoms with van der Waals surface area (Å²) in [6, 6.07) is 9.43. The van der Waals surface area contributed by atoms with Crippen molar-refractivity contribution in [2.24, 2.45) is 5.92 Å². The molecule has 2 aromatic heterocycles. The van der Waals surface area contributed by atoms with Gasteiger partial charge >= 0.3 is 6.18 Å². The number of carbonyl (C=O) groups excluding carboxylic acids is 1. The highest BCUT2D eigenvalue weighted by Crippen LogP contribution is 2.36. The minimum atomic E-state index is -4.44. The first-order valence-corrected chi connectivity index (χ1v) is 10.1. The van der Waals surface area contributed by atoms with E-state index in [1.807, 2.05) is 19.9 Å². The van der Waals surface area contributed by atoms with Gasteiger partial charge in [0.1, 0.15) is 5.82 Å². The molecule has 0 unspecified atom stereocenters. The fourth-order valence-electron chi connectivity index (χ4n) is 3.69. The van der Waals surface area contributed by atoms with Gasteiger partial charge in [0, 0.05) is 23.2 Å². The van der Waals surface area contributed by atoms with E-state index >= 15 is 0 Å². The van der Waals surface area contributed by atoms with Crippen LogP contribution < -0.4 is 5.73 Å². The maximum atomic E-state index is 13.4. The lowest BCUT2D eigenvalue weighted by atomic mass is 10.1. The molecule has 1 aliphatic carbocycles. The molecule has 3 aromatic rings. The molecule has 1 saturated carbocycles. The molecule has 8 heteroatoms. The van der Waals surface area contributed by atoms with Gasteiger partial charge in [-0.05, 0) is 74.6 Å². The zero-order valence-electron chi connectivity index (χ0n) is 17.3. The number of rotatable bonds is 5. The normalized spacial score (nSPS) is 15.1. The van der Waals surface area contributed by atoms with Crippen LogP contribution >= 0.6 is 0 Å². The summed E-state index contributed by atoms with van der Waals surface area (Å²) in [5, 5.41) is 0.809. The van der Waals surface area contributed by atoms with E-state index in [2.05, 4.69) is 9.97 Å². The largest absolute Gasteiger partial charge is 0.417 e. The van der Waals surface area contributed by atoms with Gasteiger partial charge in [-0.15, -0.1) is 0 Å². The van der Waals surface area contributed by atoms with Crippen molar-refractivity contribution in [1.29, 1.82) is 0 Å². The number of benzene rings is 1. The SMILES string of the molecule is Cc1cc2cc(C(=O)N(Cc3ccc(C(F)(F)F)cn3)[C@H](C)C3CC3)ccc2nc1N. The predicted octanol–water partition coefficient (Wildman–Crippen LogP) is 4.98. The molecule has 5 nitrogen and oxygen atoms in total. The highest BCUT2D eigenvalue weighted by atomic mass is 19.4. The monoisotopic (exact) mass is 428 g/mol. The van der Waals surface area contributed by atoms with Crippen molar-refractivity contribution in [3.05, 3.63) is 65.0 Å². The van der Waals surface area contributed by atoms with Crippen LogP contribution in [0.1, 0.15) is 46.9 Å². The number of hydrogen-bond donors (Lipinski definition) is 1. The molecular formula is C23H23F3N4O. The van der Waals surface area contributed by atoms with Crippen molar-refractivity contribution in [3.8, 4) is 0 Å². The van der Waals surface area contributed by atoms with Crippen LogP contribution in [0, 0.1) is 12.8 Å². The summed E-state index contributed by atoms with van der Waals surface area (Å²) in [7, 11) is 0. The third kappa shape index (κ3) is 4.47. The molecule has 162 valence electrons. The van der Waals surface area contributed by atoms with Crippen LogP contribution in [0.3, 0.4) is 0 Å². The molecule has 1 amide bonds. The number of hydrogen-bond acceptors (Lipinski definition) is 4. The smallest absolute Gasteiger partial charge is 0.383 e. The molecule has 4 rings (SSSR count). The number of halogens is 3. The molecule has 0 saturated heterocycles. The lowest BCUT2D eigenvalue weighted by Gasteiger charge is -2.29. The van der Waals surface area contributed by atoms with Crippen molar-refractivity contribution in [3.63, 3.8) is 0 Å². The summed E-state index contributed by atoms with van der Waals surface area (Å²) in [5.41, 5.74) is 7.51. The summed E-state index contributed by atoms with van der Waals surface area (Å²) in [5.74, 6) is 0.656. The van der Waals surface area contributed by atoms with Gasteiger partial charge < -0.3 is 10.6 Å². The molecule has 31 heavy (non-hydrogen) atoms. The summed E-state index contributed by atoms with van der Waals surface area (Å²) >= 11 is 0. The average molecular weight is 428 g/mol. The van der Waals surface area contributed by atoms with Gasteiger partial charge in [0.05, 0.1) is 23.3 Å². The molecule has 2 heterocycles. The summed E-state index contributed by atoms with van der Waals surface area (Å²) in [6.45, 7) is 3.98. The number of anilines is 1. The van der Waals surface area contributed by atoms with Crippen LogP contribution in [-0.2, 0) is 12.7 Å². The van der Waals surface area contributed by atoms with E-state index < -0.39 is 11.7 Å². The van der Waals surface area contributed by atoms with Gasteiger partial charge in [-0.2, -0.15) is 13.2 Å². The van der Waals surface area contributed by atoms with E-state index in [1.165, 1.54) is 6.07 Å². The van der Waals surface area contributed by atoms with E-state index in [1.54, 1.807) is 23.1 Å². The quantitative estimate of drug-likeness (QED) is 0.622. The lowest BCUT2D eigenvalue weighted by molar-refractivity contribution is -0.137. The highest BCUT2D eigenvalue weighted by Gasteiger charge is 2.35. The van der Waals surface area contributed by atoms with Gasteiger partial charge in [-0.1, -0.05) is 0 Å². The number of carbonyl (C=O) groups is 1. The predicted molar refractivity (Wildman–Crippen MR) is 112 cm³/mol. The standard InChI is InChI=1S/C23H23F3N4O/c1-13-9-17-10-16(5-8-20(17)29-21(13)27)22(31)30(14(2)15-3-4-15)12-19-7-6-18(11-28-19)23(24,25)26/h5-11,14-15H,3-4,12H2,1-2H3,(H2,27,29)/t14-/m1/s1. The Hall–Kier alpha value is -3.16. The Morgan fingerprint density at radius 2 is 1.97 bits per heavy atom. The Kier molecular flexibility index (Phi) is 5.33. The lowest BCUT2D eigenvalue weighted by Crippen LogP contribution is -2.39. The van der Waals surface area contributed by atoms with Gasteiger partial charge in [0.15, 0.2) is 0 Å². The number of fused-ring (bicyclic) bond motifs is 1. The van der Waals surface area contributed by atoms with Crippen molar-refractivity contribution < 1.29 is 18.0 Å². The number of amides is 1. The minimum absolute atomic E-state index is 0.0430. The zero-order chi connectivity index (χ0) is 22.3. The van der Waals surface area contributed by atoms with Crippen LogP contribution in [-0.4, -0.2) is 26.8 Å². The van der Waals surface area contributed by atoms with E-state index in [9.17, 15) is 18.0 Å². The maximum Gasteiger partial charge on any atom is 0.417 e. The second-order valence-electron chi connectivity index (χ2n) is 8.15. The van der Waals surface area contributed by atoms with Crippen LogP contribution in [0.4, 0.5) is 19.0 Å². The van der Waals surface area contributed by atoms with Gasteiger partial charge in [0.2, 0.25) is 0 Å². The number of nitrogen functional groups attached to an aromatic ring is 1. The van der Waals surface area contributed by atoms with Crippen LogP contribution in [0.15, 0.2) is 42.6 Å². The minimum Gasteiger partial charge on any atom is -0.383 e. The molecule has 2 N–H and O–H groups in total. The molecular weight excluding hydrogens is 405 g/mol. The Balaban J connectivity index is 1.63. The van der Waals surface area contributed by atoms with E-state index in [0.717, 1.165) is 36.1 Å². The molecule has 1 fully saturated rings. The Labute approximate surface area is 178 Å². The van der Waals surface area contributed by atoms with Gasteiger partial charge in [-0.3, -0.25) is 9.78 Å². The summed E-state index contributed by atoms with van der Waals surface area (Å²) in [6.07, 6.45) is -1.56. The van der Waals surface area contributed by atoms with Crippen molar-refractivity contribution in [1.82, 2.24) is 14.9 Å². The molecule has 0 radical (unpaired) electrons. The molecule has 0 aliphatic heterocycles. The van der Waals surface area contributed by atoms with Crippen molar-refractivity contribution in [2.75, 3.05) is 5.73 Å². The Morgan fingerprint density at radius 1 is 1.23 bits per heavy atom. The van der Waals surface area contributed by atoms with Crippen LogP contribution in [0.2, 0.25) is 0 Å². The highest BCUT2D eigenvalue weighted by molar-refractivity contribution is 5.98. The molecule has 1 atom stereocenters. The first-order chi connectivity index (χ1) is 14.6. The number of nitrogens with zero attached hydrogens (tertiary/aromatic N) is 3. The number of alkyl halides is 3. The summed E-state index contributed by atoms with van der Waals surface area (Å²) in [4.78, 5) is 23.4. The van der Waals surface area contributed by atoms with Crippen molar-refractivity contribution in [2.45, 2.75) is 45.5 Å². The van der Waals surface area contributed by atoms with Crippen LogP contribution in [0.25, 0.3) is 10.9 Å².